The first kappa shape index (κ1) is 14.5. The van der Waals surface area contributed by atoms with E-state index in [4.69, 9.17) is 23.2 Å². The molecule has 2 aromatic heterocycles. The van der Waals surface area contributed by atoms with Crippen molar-refractivity contribution in [3.63, 3.8) is 0 Å². The first-order valence-corrected chi connectivity index (χ1v) is 7.58. The van der Waals surface area contributed by atoms with Crippen LogP contribution in [-0.4, -0.2) is 32.1 Å². The van der Waals surface area contributed by atoms with Gasteiger partial charge in [-0.15, -0.1) is 0 Å². The smallest absolute Gasteiger partial charge is 0.270 e. The van der Waals surface area contributed by atoms with Gasteiger partial charge in [-0.1, -0.05) is 23.2 Å². The van der Waals surface area contributed by atoms with E-state index in [0.717, 1.165) is 24.1 Å². The SMILES string of the molecule is Cc1nn(C)c(Cl)c1[C@H]1CCCN1C(=O)c1cc(Cl)c[nH]1. The summed E-state index contributed by atoms with van der Waals surface area (Å²) in [7, 11) is 1.81. The van der Waals surface area contributed by atoms with Crippen molar-refractivity contribution in [1.29, 1.82) is 0 Å². The third-order valence-electron chi connectivity index (χ3n) is 3.92. The molecule has 0 aliphatic carbocycles. The Kier molecular flexibility index (Phi) is 3.71. The van der Waals surface area contributed by atoms with Crippen molar-refractivity contribution in [2.24, 2.45) is 7.05 Å². The summed E-state index contributed by atoms with van der Waals surface area (Å²) in [5.41, 5.74) is 2.32. The molecule has 0 radical (unpaired) electrons. The highest BCUT2D eigenvalue weighted by Gasteiger charge is 2.34. The third kappa shape index (κ3) is 2.45. The van der Waals surface area contributed by atoms with Crippen LogP contribution in [0.1, 0.15) is 40.6 Å². The van der Waals surface area contributed by atoms with Crippen LogP contribution >= 0.6 is 23.2 Å². The molecule has 5 nitrogen and oxygen atoms in total. The van der Waals surface area contributed by atoms with E-state index < -0.39 is 0 Å². The van der Waals surface area contributed by atoms with E-state index in [1.165, 1.54) is 0 Å². The lowest BCUT2D eigenvalue weighted by atomic mass is 10.1. The normalized spacial score (nSPS) is 18.5. The van der Waals surface area contributed by atoms with Gasteiger partial charge in [0.25, 0.3) is 5.91 Å². The lowest BCUT2D eigenvalue weighted by Gasteiger charge is -2.24. The number of aryl methyl sites for hydroxylation is 2. The number of carbonyl (C=O) groups excluding carboxylic acids is 1. The first-order chi connectivity index (χ1) is 9.99. The van der Waals surface area contributed by atoms with Gasteiger partial charge < -0.3 is 9.88 Å². The van der Waals surface area contributed by atoms with Gasteiger partial charge >= 0.3 is 0 Å². The highest BCUT2D eigenvalue weighted by molar-refractivity contribution is 6.31. The Hall–Kier alpha value is -1.46. The fraction of sp³-hybridized carbons (Fsp3) is 0.429. The Morgan fingerprint density at radius 2 is 2.24 bits per heavy atom. The van der Waals surface area contributed by atoms with E-state index in [1.807, 2.05) is 18.9 Å². The van der Waals surface area contributed by atoms with Gasteiger partial charge in [0.05, 0.1) is 16.8 Å². The number of amides is 1. The minimum Gasteiger partial charge on any atom is -0.356 e. The van der Waals surface area contributed by atoms with Gasteiger partial charge in [0.2, 0.25) is 0 Å². The van der Waals surface area contributed by atoms with Gasteiger partial charge in [-0.05, 0) is 25.8 Å². The van der Waals surface area contributed by atoms with Crippen molar-refractivity contribution < 1.29 is 4.79 Å². The topological polar surface area (TPSA) is 53.9 Å². The molecule has 0 spiro atoms. The summed E-state index contributed by atoms with van der Waals surface area (Å²) in [6.07, 6.45) is 3.46. The average molecular weight is 327 g/mol. The Morgan fingerprint density at radius 3 is 2.81 bits per heavy atom. The van der Waals surface area contributed by atoms with Crippen molar-refractivity contribution in [2.75, 3.05) is 6.54 Å². The van der Waals surface area contributed by atoms with Crippen molar-refractivity contribution in [3.05, 3.63) is 39.4 Å². The Bertz CT molecular complexity index is 691. The molecule has 7 heteroatoms. The molecule has 112 valence electrons. The van der Waals surface area contributed by atoms with Gasteiger partial charge in [-0.2, -0.15) is 5.10 Å². The maximum Gasteiger partial charge on any atom is 0.270 e. The van der Waals surface area contributed by atoms with E-state index in [0.29, 0.717) is 22.4 Å². The van der Waals surface area contributed by atoms with Crippen LogP contribution in [0.3, 0.4) is 0 Å². The molecule has 3 rings (SSSR count). The fourth-order valence-electron chi connectivity index (χ4n) is 2.98. The number of halogens is 2. The van der Waals surface area contributed by atoms with Crippen LogP contribution in [0.5, 0.6) is 0 Å². The molecular weight excluding hydrogens is 311 g/mol. The molecule has 1 aliphatic heterocycles. The Morgan fingerprint density at radius 1 is 1.48 bits per heavy atom. The van der Waals surface area contributed by atoms with E-state index in [9.17, 15) is 4.79 Å². The highest BCUT2D eigenvalue weighted by atomic mass is 35.5. The van der Waals surface area contributed by atoms with E-state index in [-0.39, 0.29) is 11.9 Å². The molecule has 1 fully saturated rings. The second-order valence-electron chi connectivity index (χ2n) is 5.30. The molecule has 1 saturated heterocycles. The number of rotatable bonds is 2. The summed E-state index contributed by atoms with van der Waals surface area (Å²) in [4.78, 5) is 17.4. The van der Waals surface area contributed by atoms with Crippen LogP contribution in [0.4, 0.5) is 0 Å². The molecule has 0 bridgehead atoms. The highest BCUT2D eigenvalue weighted by Crippen LogP contribution is 2.38. The van der Waals surface area contributed by atoms with Crippen LogP contribution < -0.4 is 0 Å². The molecule has 0 saturated carbocycles. The minimum atomic E-state index is -0.0521. The fourth-order valence-corrected chi connectivity index (χ4v) is 3.45. The molecule has 1 aliphatic rings. The molecule has 1 atom stereocenters. The van der Waals surface area contributed by atoms with Gasteiger partial charge in [0, 0.05) is 25.4 Å². The molecular formula is C14H16Cl2N4O. The number of aromatic nitrogens is 3. The predicted molar refractivity (Wildman–Crippen MR) is 81.8 cm³/mol. The second kappa shape index (κ2) is 5.39. The summed E-state index contributed by atoms with van der Waals surface area (Å²) in [6.45, 7) is 2.64. The number of carbonyl (C=O) groups is 1. The van der Waals surface area contributed by atoms with Crippen LogP contribution in [0.25, 0.3) is 0 Å². The quantitative estimate of drug-likeness (QED) is 0.920. The van der Waals surface area contributed by atoms with E-state index in [2.05, 4.69) is 10.1 Å². The summed E-state index contributed by atoms with van der Waals surface area (Å²) < 4.78 is 1.65. The van der Waals surface area contributed by atoms with E-state index >= 15 is 0 Å². The summed E-state index contributed by atoms with van der Waals surface area (Å²) >= 11 is 12.2. The van der Waals surface area contributed by atoms with Crippen molar-refractivity contribution >= 4 is 29.1 Å². The van der Waals surface area contributed by atoms with Crippen molar-refractivity contribution in [1.82, 2.24) is 19.7 Å². The largest absolute Gasteiger partial charge is 0.356 e. The molecule has 1 N–H and O–H groups in total. The summed E-state index contributed by atoms with van der Waals surface area (Å²) in [5, 5.41) is 5.47. The van der Waals surface area contributed by atoms with Crippen LogP contribution in [0, 0.1) is 6.92 Å². The standard InChI is InChI=1S/C14H16Cl2N4O/c1-8-12(13(16)19(2)18-8)11-4-3-5-20(11)14(21)10-6-9(15)7-17-10/h6-7,11,17H,3-5H2,1-2H3/t11-/m1/s1. The molecule has 2 aromatic rings. The van der Waals surface area contributed by atoms with Crippen LogP contribution in [0.15, 0.2) is 12.3 Å². The number of hydrogen-bond donors (Lipinski definition) is 1. The maximum atomic E-state index is 12.6. The summed E-state index contributed by atoms with van der Waals surface area (Å²) in [6, 6.07) is 1.62. The molecule has 0 unspecified atom stereocenters. The number of likely N-dealkylation sites (tertiary alicyclic amines) is 1. The zero-order chi connectivity index (χ0) is 15.1. The van der Waals surface area contributed by atoms with Gasteiger partial charge in [-0.25, -0.2) is 0 Å². The molecule has 21 heavy (non-hydrogen) atoms. The maximum absolute atomic E-state index is 12.6. The van der Waals surface area contributed by atoms with Gasteiger partial charge in [-0.3, -0.25) is 9.48 Å². The first-order valence-electron chi connectivity index (χ1n) is 6.83. The van der Waals surface area contributed by atoms with Crippen LogP contribution in [-0.2, 0) is 7.05 Å². The van der Waals surface area contributed by atoms with Gasteiger partial charge in [0.15, 0.2) is 0 Å². The summed E-state index contributed by atoms with van der Waals surface area (Å²) in [5.74, 6) is -0.0521. The number of hydrogen-bond acceptors (Lipinski definition) is 2. The Balaban J connectivity index is 1.94. The molecule has 3 heterocycles. The monoisotopic (exact) mass is 326 g/mol. The number of nitrogens with one attached hydrogen (secondary N) is 1. The van der Waals surface area contributed by atoms with Crippen molar-refractivity contribution in [3.8, 4) is 0 Å². The van der Waals surface area contributed by atoms with E-state index in [1.54, 1.807) is 16.9 Å². The third-order valence-corrected chi connectivity index (χ3v) is 4.59. The zero-order valence-corrected chi connectivity index (χ0v) is 13.4. The lowest BCUT2D eigenvalue weighted by Crippen LogP contribution is -2.31. The zero-order valence-electron chi connectivity index (χ0n) is 11.9. The number of H-pyrrole nitrogens is 1. The Labute approximate surface area is 132 Å². The molecule has 1 amide bonds. The lowest BCUT2D eigenvalue weighted by molar-refractivity contribution is 0.0730. The number of aromatic amines is 1. The molecule has 0 aromatic carbocycles. The average Bonchev–Trinajstić information content (AvgIpc) is 3.11. The minimum absolute atomic E-state index is 0.0271. The van der Waals surface area contributed by atoms with Crippen LogP contribution in [0.2, 0.25) is 10.2 Å². The predicted octanol–water partition coefficient (Wildman–Crippen LogP) is 3.34. The number of nitrogens with zero attached hydrogens (tertiary/aromatic N) is 3. The second-order valence-corrected chi connectivity index (χ2v) is 6.10. The van der Waals surface area contributed by atoms with Gasteiger partial charge in [0.1, 0.15) is 10.8 Å². The van der Waals surface area contributed by atoms with Crippen molar-refractivity contribution in [2.45, 2.75) is 25.8 Å².